The second kappa shape index (κ2) is 10.00. The summed E-state index contributed by atoms with van der Waals surface area (Å²) in [6, 6.07) is 14.9. The van der Waals surface area contributed by atoms with Gasteiger partial charge in [-0.25, -0.2) is 4.79 Å². The Labute approximate surface area is 145 Å². The Hall–Kier alpha value is -2.99. The molecule has 0 unspecified atom stereocenters. The van der Waals surface area contributed by atoms with Crippen molar-refractivity contribution in [3.63, 3.8) is 0 Å². The molecule has 0 aliphatic rings. The average Bonchev–Trinajstić information content (AvgIpc) is 2.67. The molecular weight excluding hydrogens is 324 g/mol. The lowest BCUT2D eigenvalue weighted by Gasteiger charge is -2.08. The molecule has 2 aromatic rings. The van der Waals surface area contributed by atoms with Gasteiger partial charge in [-0.2, -0.15) is 0 Å². The number of Topliss-reactive ketones (excluding diaryl/α,β-unsaturated/α-hetero) is 1. The molecule has 0 aliphatic heterocycles. The van der Waals surface area contributed by atoms with Gasteiger partial charge in [-0.1, -0.05) is 30.3 Å². The van der Waals surface area contributed by atoms with Gasteiger partial charge in [0.05, 0.1) is 13.2 Å². The number of hydrogen-bond acceptors (Lipinski definition) is 6. The van der Waals surface area contributed by atoms with E-state index < -0.39 is 11.8 Å². The molecule has 0 atom stereocenters. The minimum Gasteiger partial charge on any atom is -0.491 e. The predicted octanol–water partition coefficient (Wildman–Crippen LogP) is 2.32. The van der Waals surface area contributed by atoms with Crippen molar-refractivity contribution in [1.29, 1.82) is 0 Å². The first-order valence-electron chi connectivity index (χ1n) is 7.73. The van der Waals surface area contributed by atoms with E-state index in [0.29, 0.717) is 30.1 Å². The molecule has 0 heterocycles. The van der Waals surface area contributed by atoms with E-state index in [-0.39, 0.29) is 13.2 Å². The van der Waals surface area contributed by atoms with E-state index in [1.54, 1.807) is 54.6 Å². The van der Waals surface area contributed by atoms with Crippen LogP contribution in [0.1, 0.15) is 20.7 Å². The topological polar surface area (TPSA) is 78.9 Å². The molecule has 0 amide bonds. The monoisotopic (exact) mass is 342 g/mol. The Morgan fingerprint density at radius 1 is 0.840 bits per heavy atom. The number of benzene rings is 2. The summed E-state index contributed by atoms with van der Waals surface area (Å²) in [5.74, 6) is -0.946. The molecule has 2 aromatic carbocycles. The van der Waals surface area contributed by atoms with Crippen LogP contribution in [0.4, 0.5) is 0 Å². The number of esters is 1. The fourth-order valence-electron chi connectivity index (χ4n) is 1.93. The highest BCUT2D eigenvalue weighted by molar-refractivity contribution is 6.40. The van der Waals surface area contributed by atoms with Crippen molar-refractivity contribution >= 4 is 18.0 Å². The fraction of sp³-hybridized carbons (Fsp3) is 0.211. The summed E-state index contributed by atoms with van der Waals surface area (Å²) in [6.45, 7) is 0.781. The summed E-state index contributed by atoms with van der Waals surface area (Å²) in [5.41, 5.74) is 0.873. The van der Waals surface area contributed by atoms with Gasteiger partial charge in [-0.3, -0.25) is 9.59 Å². The van der Waals surface area contributed by atoms with Gasteiger partial charge in [0.2, 0.25) is 0 Å². The first-order chi connectivity index (χ1) is 12.2. The highest BCUT2D eigenvalue weighted by Gasteiger charge is 2.16. The van der Waals surface area contributed by atoms with Crippen LogP contribution in [0, 0.1) is 0 Å². The van der Waals surface area contributed by atoms with Gasteiger partial charge in [-0.05, 0) is 24.3 Å². The number of carbonyl (C=O) groups excluding carboxylic acids is 3. The first-order valence-corrected chi connectivity index (χ1v) is 7.73. The van der Waals surface area contributed by atoms with Gasteiger partial charge < -0.3 is 14.2 Å². The summed E-state index contributed by atoms with van der Waals surface area (Å²) in [4.78, 5) is 33.9. The molecule has 0 N–H and O–H groups in total. The normalized spacial score (nSPS) is 10.1. The van der Waals surface area contributed by atoms with Crippen LogP contribution in [0.15, 0.2) is 54.6 Å². The number of rotatable bonds is 10. The lowest BCUT2D eigenvalue weighted by atomic mass is 10.1. The zero-order valence-corrected chi connectivity index (χ0v) is 13.6. The molecule has 0 bridgehead atoms. The second-order valence-corrected chi connectivity index (χ2v) is 4.98. The van der Waals surface area contributed by atoms with Crippen LogP contribution in [0.25, 0.3) is 0 Å². The Morgan fingerprint density at radius 3 is 2.20 bits per heavy atom. The Kier molecular flexibility index (Phi) is 7.34. The number of aldehydes is 1. The van der Waals surface area contributed by atoms with Gasteiger partial charge in [0, 0.05) is 11.1 Å². The summed E-state index contributed by atoms with van der Waals surface area (Å²) in [7, 11) is 0. The van der Waals surface area contributed by atoms with E-state index in [4.69, 9.17) is 14.2 Å². The molecule has 2 rings (SSSR count). The SMILES string of the molecule is O=Cc1ccc(OCCOCCOC(=O)C(=O)c2ccccc2)cc1. The summed E-state index contributed by atoms with van der Waals surface area (Å²) >= 11 is 0. The standard InChI is InChI=1S/C19H18O6/c20-14-15-6-8-17(9-7-15)24-12-10-23-11-13-25-19(22)18(21)16-4-2-1-3-5-16/h1-9,14H,10-13H2. The molecule has 0 aromatic heterocycles. The smallest absolute Gasteiger partial charge is 0.379 e. The Balaban J connectivity index is 1.56. The van der Waals surface area contributed by atoms with E-state index >= 15 is 0 Å². The molecule has 0 fully saturated rings. The van der Waals surface area contributed by atoms with Crippen molar-refractivity contribution in [2.75, 3.05) is 26.4 Å². The third-order valence-corrected chi connectivity index (χ3v) is 3.19. The Morgan fingerprint density at radius 2 is 1.52 bits per heavy atom. The lowest BCUT2D eigenvalue weighted by Crippen LogP contribution is -2.20. The van der Waals surface area contributed by atoms with Crippen LogP contribution in [-0.2, 0) is 14.3 Å². The van der Waals surface area contributed by atoms with Crippen molar-refractivity contribution in [3.8, 4) is 5.75 Å². The van der Waals surface area contributed by atoms with Crippen molar-refractivity contribution in [3.05, 3.63) is 65.7 Å². The minimum absolute atomic E-state index is 0.00849. The molecule has 130 valence electrons. The molecular formula is C19H18O6. The van der Waals surface area contributed by atoms with Crippen LogP contribution >= 0.6 is 0 Å². The van der Waals surface area contributed by atoms with Crippen LogP contribution in [0.3, 0.4) is 0 Å². The summed E-state index contributed by atoms with van der Waals surface area (Å²) in [5, 5.41) is 0. The van der Waals surface area contributed by atoms with Crippen molar-refractivity contribution in [2.45, 2.75) is 0 Å². The molecule has 0 aliphatic carbocycles. The Bertz CT molecular complexity index is 694. The molecule has 0 spiro atoms. The molecule has 6 nitrogen and oxygen atoms in total. The maximum absolute atomic E-state index is 11.8. The van der Waals surface area contributed by atoms with Gasteiger partial charge in [0.1, 0.15) is 25.2 Å². The van der Waals surface area contributed by atoms with E-state index in [9.17, 15) is 14.4 Å². The van der Waals surface area contributed by atoms with E-state index in [2.05, 4.69) is 0 Å². The zero-order valence-electron chi connectivity index (χ0n) is 13.6. The molecule has 0 saturated carbocycles. The predicted molar refractivity (Wildman–Crippen MR) is 89.9 cm³/mol. The zero-order chi connectivity index (χ0) is 17.9. The van der Waals surface area contributed by atoms with E-state index in [1.807, 2.05) is 0 Å². The van der Waals surface area contributed by atoms with Gasteiger partial charge in [0.25, 0.3) is 5.78 Å². The maximum Gasteiger partial charge on any atom is 0.379 e. The maximum atomic E-state index is 11.8. The number of ketones is 1. The van der Waals surface area contributed by atoms with Crippen molar-refractivity contribution < 1.29 is 28.6 Å². The van der Waals surface area contributed by atoms with E-state index in [1.165, 1.54) is 0 Å². The van der Waals surface area contributed by atoms with Crippen molar-refractivity contribution in [1.82, 2.24) is 0 Å². The summed E-state index contributed by atoms with van der Waals surface area (Å²) < 4.78 is 15.6. The quantitative estimate of drug-likeness (QED) is 0.217. The number of ether oxygens (including phenoxy) is 3. The van der Waals surface area contributed by atoms with Crippen LogP contribution in [0.2, 0.25) is 0 Å². The first kappa shape index (κ1) is 18.4. The molecule has 6 heteroatoms. The van der Waals surface area contributed by atoms with Gasteiger partial charge >= 0.3 is 5.97 Å². The largest absolute Gasteiger partial charge is 0.491 e. The summed E-state index contributed by atoms with van der Waals surface area (Å²) in [6.07, 6.45) is 0.761. The van der Waals surface area contributed by atoms with E-state index in [0.717, 1.165) is 6.29 Å². The van der Waals surface area contributed by atoms with Crippen LogP contribution < -0.4 is 4.74 Å². The average molecular weight is 342 g/mol. The van der Waals surface area contributed by atoms with Gasteiger partial charge in [-0.15, -0.1) is 0 Å². The lowest BCUT2D eigenvalue weighted by molar-refractivity contribution is -0.139. The molecule has 0 radical (unpaired) electrons. The van der Waals surface area contributed by atoms with Crippen LogP contribution in [0.5, 0.6) is 5.75 Å². The van der Waals surface area contributed by atoms with Gasteiger partial charge in [0.15, 0.2) is 0 Å². The fourth-order valence-corrected chi connectivity index (χ4v) is 1.93. The van der Waals surface area contributed by atoms with Crippen LogP contribution in [-0.4, -0.2) is 44.5 Å². The number of hydrogen-bond donors (Lipinski definition) is 0. The highest BCUT2D eigenvalue weighted by Crippen LogP contribution is 2.10. The highest BCUT2D eigenvalue weighted by atomic mass is 16.6. The minimum atomic E-state index is -0.902. The second-order valence-electron chi connectivity index (χ2n) is 4.98. The molecule has 25 heavy (non-hydrogen) atoms. The van der Waals surface area contributed by atoms with Crippen molar-refractivity contribution in [2.24, 2.45) is 0 Å². The third kappa shape index (κ3) is 6.19. The number of carbonyl (C=O) groups is 3. The third-order valence-electron chi connectivity index (χ3n) is 3.19. The molecule has 0 saturated heterocycles.